The second-order valence-electron chi connectivity index (χ2n) is 9.66. The lowest BCUT2D eigenvalue weighted by molar-refractivity contribution is -0.0950. The standard InChI is InChI=1S/C30H31FN2O6S/c1-36-30(13-16-37-17-14-30)23-18-24(31)20-25(19-23)38-15-5-8-27-33-28(21-6-3-2-4-7-21)29(39-27)22-9-11-26(12-10-22)40(32,34)35/h2-4,6-7,9-12,18-20H,5,8,13-17H2,1H3,(H2,32,34,35). The smallest absolute Gasteiger partial charge is 0.238 e. The van der Waals surface area contributed by atoms with Gasteiger partial charge in [0.15, 0.2) is 11.7 Å². The van der Waals surface area contributed by atoms with E-state index >= 15 is 0 Å². The lowest BCUT2D eigenvalue weighted by atomic mass is 9.86. The summed E-state index contributed by atoms with van der Waals surface area (Å²) < 4.78 is 61.2. The van der Waals surface area contributed by atoms with Gasteiger partial charge < -0.3 is 18.6 Å². The minimum Gasteiger partial charge on any atom is -0.493 e. The molecule has 1 saturated heterocycles. The number of hydrogen-bond donors (Lipinski definition) is 1. The van der Waals surface area contributed by atoms with Crippen molar-refractivity contribution in [2.75, 3.05) is 26.9 Å². The zero-order chi connectivity index (χ0) is 28.2. The first-order chi connectivity index (χ1) is 19.3. The van der Waals surface area contributed by atoms with Crippen LogP contribution in [0.3, 0.4) is 0 Å². The third-order valence-corrected chi connectivity index (χ3v) is 7.99. The van der Waals surface area contributed by atoms with E-state index in [-0.39, 0.29) is 10.7 Å². The van der Waals surface area contributed by atoms with Crippen LogP contribution >= 0.6 is 0 Å². The van der Waals surface area contributed by atoms with Crippen molar-refractivity contribution in [3.63, 3.8) is 0 Å². The van der Waals surface area contributed by atoms with Gasteiger partial charge in [0.05, 0.1) is 17.1 Å². The second-order valence-corrected chi connectivity index (χ2v) is 11.2. The number of oxazole rings is 1. The van der Waals surface area contributed by atoms with Crippen LogP contribution in [0, 0.1) is 5.82 Å². The van der Waals surface area contributed by atoms with E-state index in [1.54, 1.807) is 19.2 Å². The van der Waals surface area contributed by atoms with E-state index in [2.05, 4.69) is 0 Å². The molecule has 2 N–H and O–H groups in total. The molecule has 8 nitrogen and oxygen atoms in total. The minimum atomic E-state index is -3.81. The molecule has 1 fully saturated rings. The molecule has 3 aromatic carbocycles. The second kappa shape index (κ2) is 11.9. The highest BCUT2D eigenvalue weighted by Gasteiger charge is 2.35. The van der Waals surface area contributed by atoms with Crippen molar-refractivity contribution in [1.29, 1.82) is 0 Å². The molecule has 0 unspecified atom stereocenters. The van der Waals surface area contributed by atoms with Crippen LogP contribution in [-0.2, 0) is 31.5 Å². The third kappa shape index (κ3) is 6.26. The topological polar surface area (TPSA) is 114 Å². The molecule has 0 amide bonds. The van der Waals surface area contributed by atoms with Crippen molar-refractivity contribution in [2.45, 2.75) is 36.2 Å². The Morgan fingerprint density at radius 2 is 1.73 bits per heavy atom. The average molecular weight is 567 g/mol. The fourth-order valence-electron chi connectivity index (χ4n) is 4.89. The fraction of sp³-hybridized carbons (Fsp3) is 0.300. The Morgan fingerprint density at radius 3 is 2.40 bits per heavy atom. The van der Waals surface area contributed by atoms with Gasteiger partial charge in [-0.05, 0) is 48.4 Å². The molecule has 0 saturated carbocycles. The van der Waals surface area contributed by atoms with E-state index in [0.717, 1.165) is 11.1 Å². The molecule has 1 aliphatic heterocycles. The zero-order valence-electron chi connectivity index (χ0n) is 22.1. The summed E-state index contributed by atoms with van der Waals surface area (Å²) in [5.74, 6) is 1.09. The fourth-order valence-corrected chi connectivity index (χ4v) is 5.40. The number of nitrogens with zero attached hydrogens (tertiary/aromatic N) is 1. The molecule has 4 aromatic rings. The molecule has 10 heteroatoms. The van der Waals surface area contributed by atoms with Crippen LogP contribution in [0.4, 0.5) is 4.39 Å². The third-order valence-electron chi connectivity index (χ3n) is 7.06. The Labute approximate surface area is 233 Å². The van der Waals surface area contributed by atoms with E-state index < -0.39 is 15.6 Å². The van der Waals surface area contributed by atoms with Gasteiger partial charge in [-0.2, -0.15) is 0 Å². The van der Waals surface area contributed by atoms with E-state index in [1.807, 2.05) is 36.4 Å². The van der Waals surface area contributed by atoms with Crippen LogP contribution < -0.4 is 9.88 Å². The lowest BCUT2D eigenvalue weighted by Crippen LogP contribution is -2.35. The molecule has 0 spiro atoms. The summed E-state index contributed by atoms with van der Waals surface area (Å²) in [4.78, 5) is 4.75. The first-order valence-electron chi connectivity index (χ1n) is 13.0. The van der Waals surface area contributed by atoms with Crippen LogP contribution in [0.15, 0.2) is 82.1 Å². The SMILES string of the molecule is COC1(c2cc(F)cc(OCCCc3nc(-c4ccccc4)c(-c4ccc(S(N)(=O)=O)cc4)o3)c2)CCOCC1. The maximum atomic E-state index is 14.5. The number of ether oxygens (including phenoxy) is 3. The van der Waals surface area contributed by atoms with Crippen LogP contribution in [0.5, 0.6) is 5.75 Å². The zero-order valence-corrected chi connectivity index (χ0v) is 23.0. The summed E-state index contributed by atoms with van der Waals surface area (Å²) in [6.45, 7) is 1.44. The minimum absolute atomic E-state index is 0.0168. The highest BCUT2D eigenvalue weighted by atomic mass is 32.2. The maximum absolute atomic E-state index is 14.5. The van der Waals surface area contributed by atoms with Crippen molar-refractivity contribution in [3.05, 3.63) is 90.1 Å². The molecule has 40 heavy (non-hydrogen) atoms. The Kier molecular flexibility index (Phi) is 8.32. The summed E-state index contributed by atoms with van der Waals surface area (Å²) in [5, 5.41) is 5.24. The quantitative estimate of drug-likeness (QED) is 0.254. The van der Waals surface area contributed by atoms with Crippen LogP contribution in [0.1, 0.15) is 30.7 Å². The number of aryl methyl sites for hydroxylation is 1. The molecule has 0 atom stereocenters. The number of halogens is 1. The number of rotatable bonds is 10. The highest BCUT2D eigenvalue weighted by Crippen LogP contribution is 2.38. The van der Waals surface area contributed by atoms with Crippen LogP contribution in [-0.4, -0.2) is 40.3 Å². The number of hydrogen-bond acceptors (Lipinski definition) is 7. The lowest BCUT2D eigenvalue weighted by Gasteiger charge is -2.36. The van der Waals surface area contributed by atoms with Gasteiger partial charge in [0.1, 0.15) is 17.3 Å². The highest BCUT2D eigenvalue weighted by molar-refractivity contribution is 7.89. The Morgan fingerprint density at radius 1 is 1.00 bits per heavy atom. The summed E-state index contributed by atoms with van der Waals surface area (Å²) in [6, 6.07) is 20.5. The summed E-state index contributed by atoms with van der Waals surface area (Å²) in [6.07, 6.45) is 2.35. The number of sulfonamides is 1. The van der Waals surface area contributed by atoms with Gasteiger partial charge in [-0.25, -0.2) is 22.9 Å². The normalized spacial score (nSPS) is 15.2. The molecule has 0 bridgehead atoms. The molecule has 0 aliphatic carbocycles. The molecular weight excluding hydrogens is 535 g/mol. The summed E-state index contributed by atoms with van der Waals surface area (Å²) >= 11 is 0. The first-order valence-corrected chi connectivity index (χ1v) is 14.6. The van der Waals surface area contributed by atoms with Gasteiger partial charge in [-0.3, -0.25) is 0 Å². The number of nitrogens with two attached hydrogens (primary N) is 1. The van der Waals surface area contributed by atoms with Crippen LogP contribution in [0.25, 0.3) is 22.6 Å². The Balaban J connectivity index is 1.30. The number of methoxy groups -OCH3 is 1. The molecule has 1 aromatic heterocycles. The van der Waals surface area contributed by atoms with Gasteiger partial charge in [0, 0.05) is 56.8 Å². The van der Waals surface area contributed by atoms with Crippen molar-refractivity contribution >= 4 is 10.0 Å². The predicted octanol–water partition coefficient (Wildman–Crippen LogP) is 5.46. The monoisotopic (exact) mass is 566 g/mol. The van der Waals surface area contributed by atoms with Gasteiger partial charge in [-0.15, -0.1) is 0 Å². The first kappa shape index (κ1) is 28.0. The van der Waals surface area contributed by atoms with Gasteiger partial charge in [0.2, 0.25) is 10.0 Å². The van der Waals surface area contributed by atoms with Crippen LogP contribution in [0.2, 0.25) is 0 Å². The van der Waals surface area contributed by atoms with E-state index in [4.69, 9.17) is 28.8 Å². The number of primary sulfonamides is 1. The maximum Gasteiger partial charge on any atom is 0.238 e. The van der Waals surface area contributed by atoms with E-state index in [9.17, 15) is 12.8 Å². The van der Waals surface area contributed by atoms with Crippen molar-refractivity contribution < 1.29 is 31.4 Å². The number of aromatic nitrogens is 1. The summed E-state index contributed by atoms with van der Waals surface area (Å²) in [7, 11) is -2.17. The van der Waals surface area contributed by atoms with Gasteiger partial charge in [-0.1, -0.05) is 30.3 Å². The summed E-state index contributed by atoms with van der Waals surface area (Å²) in [5.41, 5.74) is 2.34. The van der Waals surface area contributed by atoms with Crippen molar-refractivity contribution in [3.8, 4) is 28.3 Å². The number of benzene rings is 3. The predicted molar refractivity (Wildman–Crippen MR) is 148 cm³/mol. The van der Waals surface area contributed by atoms with Gasteiger partial charge in [0.25, 0.3) is 0 Å². The largest absolute Gasteiger partial charge is 0.493 e. The Bertz CT molecular complexity index is 1550. The van der Waals surface area contributed by atoms with E-state index in [1.165, 1.54) is 24.3 Å². The van der Waals surface area contributed by atoms with Gasteiger partial charge >= 0.3 is 0 Å². The average Bonchev–Trinajstić information content (AvgIpc) is 3.40. The molecule has 5 rings (SSSR count). The molecule has 2 heterocycles. The molecular formula is C30H31FN2O6S. The molecule has 210 valence electrons. The van der Waals surface area contributed by atoms with E-state index in [0.29, 0.717) is 74.2 Å². The molecule has 0 radical (unpaired) electrons. The van der Waals surface area contributed by atoms with Crippen molar-refractivity contribution in [1.82, 2.24) is 4.98 Å². The van der Waals surface area contributed by atoms with Crippen molar-refractivity contribution in [2.24, 2.45) is 5.14 Å². The molecule has 1 aliphatic rings. The Hall–Kier alpha value is -3.57.